The first-order chi connectivity index (χ1) is 8.22. The lowest BCUT2D eigenvalue weighted by Gasteiger charge is -2.11. The summed E-state index contributed by atoms with van der Waals surface area (Å²) in [6.45, 7) is 0.774. The van der Waals surface area contributed by atoms with Crippen molar-refractivity contribution in [3.8, 4) is 5.75 Å². The van der Waals surface area contributed by atoms with Crippen molar-refractivity contribution < 1.29 is 4.74 Å². The highest BCUT2D eigenvalue weighted by Crippen LogP contribution is 2.28. The van der Waals surface area contributed by atoms with Crippen LogP contribution in [0.2, 0.25) is 5.02 Å². The maximum absolute atomic E-state index is 6.08. The molecule has 1 heterocycles. The topological polar surface area (TPSA) is 53.1 Å². The van der Waals surface area contributed by atoms with Gasteiger partial charge in [0.15, 0.2) is 0 Å². The van der Waals surface area contributed by atoms with E-state index in [9.17, 15) is 0 Å². The minimum Gasteiger partial charge on any atom is -0.484 e. The molecule has 2 N–H and O–H groups in total. The van der Waals surface area contributed by atoms with Crippen LogP contribution < -0.4 is 10.5 Å². The first kappa shape index (κ1) is 12.0. The number of rotatable bonds is 4. The fourth-order valence-corrected chi connectivity index (χ4v) is 1.80. The third-order valence-corrected chi connectivity index (χ3v) is 2.83. The van der Waals surface area contributed by atoms with Crippen LogP contribution >= 0.6 is 11.6 Å². The van der Waals surface area contributed by atoms with Crippen molar-refractivity contribution in [1.29, 1.82) is 0 Å². The Labute approximate surface area is 105 Å². The molecule has 0 aliphatic carbocycles. The second-order valence-electron chi connectivity index (χ2n) is 3.68. The smallest absolute Gasteiger partial charge is 0.146 e. The van der Waals surface area contributed by atoms with Crippen molar-refractivity contribution in [2.75, 3.05) is 0 Å². The predicted molar refractivity (Wildman–Crippen MR) is 66.9 cm³/mol. The number of hydrogen-bond acceptors (Lipinski definition) is 3. The van der Waals surface area contributed by atoms with Gasteiger partial charge in [-0.1, -0.05) is 23.7 Å². The molecule has 1 aromatic heterocycles. The molecule has 2 aromatic rings. The van der Waals surface area contributed by atoms with Crippen LogP contribution in [0.25, 0.3) is 0 Å². The molecule has 0 saturated carbocycles. The van der Waals surface area contributed by atoms with E-state index in [1.165, 1.54) is 0 Å². The lowest BCUT2D eigenvalue weighted by Crippen LogP contribution is -2.06. The molecular formula is C12H14ClN3O. The molecule has 5 heteroatoms. The molecule has 0 atom stereocenters. The largest absolute Gasteiger partial charge is 0.484 e. The molecule has 0 radical (unpaired) electrons. The maximum atomic E-state index is 6.08. The maximum Gasteiger partial charge on any atom is 0.146 e. The van der Waals surface area contributed by atoms with E-state index in [4.69, 9.17) is 22.1 Å². The van der Waals surface area contributed by atoms with Crippen LogP contribution in [-0.2, 0) is 20.2 Å². The quantitative estimate of drug-likeness (QED) is 0.906. The molecule has 0 aliphatic heterocycles. The second-order valence-corrected chi connectivity index (χ2v) is 4.08. The Balaban J connectivity index is 2.16. The fourth-order valence-electron chi connectivity index (χ4n) is 1.55. The van der Waals surface area contributed by atoms with Gasteiger partial charge in [-0.3, -0.25) is 0 Å². The fraction of sp³-hybridized carbons (Fsp3) is 0.250. The van der Waals surface area contributed by atoms with Crippen molar-refractivity contribution in [3.05, 3.63) is 47.0 Å². The molecule has 2 rings (SSSR count). The first-order valence-electron chi connectivity index (χ1n) is 5.29. The van der Waals surface area contributed by atoms with Gasteiger partial charge < -0.3 is 15.0 Å². The number of nitrogens with zero attached hydrogens (tertiary/aromatic N) is 2. The Morgan fingerprint density at radius 3 is 2.94 bits per heavy atom. The van der Waals surface area contributed by atoms with E-state index >= 15 is 0 Å². The SMILES string of the molecule is Cn1ccnc1COc1c(Cl)cccc1CN. The second kappa shape index (κ2) is 5.21. The standard InChI is InChI=1S/C12H14ClN3O/c1-16-6-5-15-11(16)8-17-12-9(7-14)3-2-4-10(12)13/h2-6H,7-8,14H2,1H3. The molecule has 1 aromatic carbocycles. The Hall–Kier alpha value is -1.52. The van der Waals surface area contributed by atoms with Crippen molar-refractivity contribution in [2.45, 2.75) is 13.2 Å². The van der Waals surface area contributed by atoms with E-state index < -0.39 is 0 Å². The van der Waals surface area contributed by atoms with Gasteiger partial charge in [-0.2, -0.15) is 0 Å². The normalized spacial score (nSPS) is 10.5. The van der Waals surface area contributed by atoms with Crippen LogP contribution in [-0.4, -0.2) is 9.55 Å². The molecule has 4 nitrogen and oxygen atoms in total. The van der Waals surface area contributed by atoms with Gasteiger partial charge in [-0.05, 0) is 6.07 Å². The summed E-state index contributed by atoms with van der Waals surface area (Å²) in [4.78, 5) is 4.18. The lowest BCUT2D eigenvalue weighted by molar-refractivity contribution is 0.289. The summed E-state index contributed by atoms with van der Waals surface area (Å²) in [5.74, 6) is 1.48. The minimum atomic E-state index is 0.375. The third kappa shape index (κ3) is 2.60. The summed E-state index contributed by atoms with van der Waals surface area (Å²) in [5.41, 5.74) is 6.53. The summed E-state index contributed by atoms with van der Waals surface area (Å²) in [7, 11) is 1.92. The predicted octanol–water partition coefficient (Wildman–Crippen LogP) is 2.11. The van der Waals surface area contributed by atoms with E-state index in [2.05, 4.69) is 4.98 Å². The molecule has 0 saturated heterocycles. The Kier molecular flexibility index (Phi) is 3.66. The summed E-state index contributed by atoms with van der Waals surface area (Å²) in [6.07, 6.45) is 3.60. The highest BCUT2D eigenvalue weighted by atomic mass is 35.5. The van der Waals surface area contributed by atoms with Gasteiger partial charge in [-0.25, -0.2) is 4.98 Å². The zero-order valence-corrected chi connectivity index (χ0v) is 10.3. The van der Waals surface area contributed by atoms with Crippen LogP contribution in [0.1, 0.15) is 11.4 Å². The van der Waals surface area contributed by atoms with E-state index in [-0.39, 0.29) is 0 Å². The van der Waals surface area contributed by atoms with Crippen LogP contribution in [0.15, 0.2) is 30.6 Å². The van der Waals surface area contributed by atoms with Crippen LogP contribution in [0, 0.1) is 0 Å². The van der Waals surface area contributed by atoms with E-state index in [0.29, 0.717) is 23.9 Å². The van der Waals surface area contributed by atoms with Gasteiger partial charge in [0.05, 0.1) is 5.02 Å². The molecule has 90 valence electrons. The van der Waals surface area contributed by atoms with E-state index in [0.717, 1.165) is 11.4 Å². The van der Waals surface area contributed by atoms with Crippen LogP contribution in [0.5, 0.6) is 5.75 Å². The first-order valence-corrected chi connectivity index (χ1v) is 5.66. The van der Waals surface area contributed by atoms with Gasteiger partial charge in [0.1, 0.15) is 18.2 Å². The number of aromatic nitrogens is 2. The Morgan fingerprint density at radius 2 is 2.29 bits per heavy atom. The average molecular weight is 252 g/mol. The molecule has 0 aliphatic rings. The summed E-state index contributed by atoms with van der Waals surface area (Å²) in [6, 6.07) is 5.55. The monoisotopic (exact) mass is 251 g/mol. The third-order valence-electron chi connectivity index (χ3n) is 2.54. The van der Waals surface area contributed by atoms with Crippen LogP contribution in [0.4, 0.5) is 0 Å². The number of para-hydroxylation sites is 1. The molecule has 0 spiro atoms. The number of hydrogen-bond donors (Lipinski definition) is 1. The van der Waals surface area contributed by atoms with Crippen molar-refractivity contribution in [3.63, 3.8) is 0 Å². The van der Waals surface area contributed by atoms with Gasteiger partial charge >= 0.3 is 0 Å². The lowest BCUT2D eigenvalue weighted by atomic mass is 10.2. The molecular weight excluding hydrogens is 238 g/mol. The highest BCUT2D eigenvalue weighted by molar-refractivity contribution is 6.32. The molecule has 0 unspecified atom stereocenters. The summed E-state index contributed by atoms with van der Waals surface area (Å²) in [5, 5.41) is 0.571. The number of halogens is 1. The number of aryl methyl sites for hydroxylation is 1. The molecule has 0 amide bonds. The number of imidazole rings is 1. The van der Waals surface area contributed by atoms with Gasteiger partial charge in [0.25, 0.3) is 0 Å². The minimum absolute atomic E-state index is 0.375. The molecule has 0 bridgehead atoms. The summed E-state index contributed by atoms with van der Waals surface area (Å²) >= 11 is 6.08. The Morgan fingerprint density at radius 1 is 1.47 bits per heavy atom. The zero-order chi connectivity index (χ0) is 12.3. The van der Waals surface area contributed by atoms with Gasteiger partial charge in [0, 0.05) is 31.5 Å². The van der Waals surface area contributed by atoms with Crippen molar-refractivity contribution >= 4 is 11.6 Å². The van der Waals surface area contributed by atoms with Crippen molar-refractivity contribution in [2.24, 2.45) is 12.8 Å². The van der Waals surface area contributed by atoms with E-state index in [1.807, 2.05) is 29.9 Å². The Bertz CT molecular complexity index is 510. The van der Waals surface area contributed by atoms with Gasteiger partial charge in [0.2, 0.25) is 0 Å². The zero-order valence-electron chi connectivity index (χ0n) is 9.56. The summed E-state index contributed by atoms with van der Waals surface area (Å²) < 4.78 is 7.59. The average Bonchev–Trinajstić information content (AvgIpc) is 2.73. The van der Waals surface area contributed by atoms with E-state index in [1.54, 1.807) is 12.3 Å². The van der Waals surface area contributed by atoms with Crippen molar-refractivity contribution in [1.82, 2.24) is 9.55 Å². The van der Waals surface area contributed by atoms with Gasteiger partial charge in [-0.15, -0.1) is 0 Å². The molecule has 17 heavy (non-hydrogen) atoms. The number of nitrogens with two attached hydrogens (primary N) is 1. The highest BCUT2D eigenvalue weighted by Gasteiger charge is 2.08. The van der Waals surface area contributed by atoms with Crippen LogP contribution in [0.3, 0.4) is 0 Å². The number of benzene rings is 1. The molecule has 0 fully saturated rings. The number of ether oxygens (including phenoxy) is 1.